The van der Waals surface area contributed by atoms with Gasteiger partial charge in [-0.25, -0.2) is 0 Å². The van der Waals surface area contributed by atoms with Crippen molar-refractivity contribution in [3.8, 4) is 11.5 Å². The highest BCUT2D eigenvalue weighted by atomic mass is 79.9. The molecular weight excluding hydrogens is 368 g/mol. The smallest absolute Gasteiger partial charge is 0.216 e. The monoisotopic (exact) mass is 384 g/mol. The van der Waals surface area contributed by atoms with Crippen LogP contribution in [0.5, 0.6) is 11.5 Å². The average Bonchev–Trinajstić information content (AvgIpc) is 2.85. The fourth-order valence-corrected chi connectivity index (χ4v) is 2.74. The van der Waals surface area contributed by atoms with Crippen LogP contribution in [0.2, 0.25) is 0 Å². The quantitative estimate of drug-likeness (QED) is 0.610. The van der Waals surface area contributed by atoms with Crippen molar-refractivity contribution in [3.05, 3.63) is 32.8 Å². The lowest BCUT2D eigenvalue weighted by Crippen LogP contribution is -1.99. The number of nitrogens with zero attached hydrogens (tertiary/aromatic N) is 3. The number of rotatable bonds is 6. The summed E-state index contributed by atoms with van der Waals surface area (Å²) < 4.78 is 13.8. The minimum atomic E-state index is 0.464. The number of nitrogens with one attached hydrogen (secondary N) is 1. The lowest BCUT2D eigenvalue weighted by molar-refractivity contribution is 0.310. The second-order valence-electron chi connectivity index (χ2n) is 4.32. The molecule has 0 bridgehead atoms. The maximum absolute atomic E-state index is 5.59. The molecule has 0 atom stereocenters. The normalized spacial score (nSPS) is 11.1. The van der Waals surface area contributed by atoms with Crippen LogP contribution in [0.15, 0.2) is 21.7 Å². The molecule has 22 heavy (non-hydrogen) atoms. The van der Waals surface area contributed by atoms with E-state index in [1.807, 2.05) is 26.0 Å². The van der Waals surface area contributed by atoms with E-state index in [4.69, 9.17) is 21.7 Å². The van der Waals surface area contributed by atoms with Crippen LogP contribution in [-0.2, 0) is 6.42 Å². The van der Waals surface area contributed by atoms with Gasteiger partial charge in [-0.05, 0) is 52.8 Å². The number of ether oxygens (including phenoxy) is 2. The SMILES string of the molecule is CCOc1cc(/C=N\n2c(CC)n[nH]c2=S)cc(Br)c1OC. The summed E-state index contributed by atoms with van der Waals surface area (Å²) in [6, 6.07) is 3.77. The molecule has 1 aromatic carbocycles. The second kappa shape index (κ2) is 7.55. The van der Waals surface area contributed by atoms with Crippen LogP contribution in [0.3, 0.4) is 0 Å². The molecule has 1 heterocycles. The van der Waals surface area contributed by atoms with Gasteiger partial charge in [-0.3, -0.25) is 5.10 Å². The van der Waals surface area contributed by atoms with Crippen LogP contribution in [-0.4, -0.2) is 34.8 Å². The minimum absolute atomic E-state index is 0.464. The largest absolute Gasteiger partial charge is 0.492 e. The zero-order valence-electron chi connectivity index (χ0n) is 12.6. The van der Waals surface area contributed by atoms with E-state index in [1.165, 1.54) is 0 Å². The zero-order valence-corrected chi connectivity index (χ0v) is 15.0. The number of methoxy groups -OCH3 is 1. The summed E-state index contributed by atoms with van der Waals surface area (Å²) >= 11 is 8.64. The van der Waals surface area contributed by atoms with Gasteiger partial charge in [0.1, 0.15) is 0 Å². The van der Waals surface area contributed by atoms with Gasteiger partial charge in [-0.1, -0.05) is 6.92 Å². The van der Waals surface area contributed by atoms with Crippen molar-refractivity contribution in [1.82, 2.24) is 14.9 Å². The van der Waals surface area contributed by atoms with E-state index in [1.54, 1.807) is 18.0 Å². The van der Waals surface area contributed by atoms with Gasteiger partial charge in [-0.2, -0.15) is 14.9 Å². The molecule has 2 rings (SSSR count). The highest BCUT2D eigenvalue weighted by Gasteiger charge is 2.10. The third kappa shape index (κ3) is 3.56. The van der Waals surface area contributed by atoms with E-state index in [9.17, 15) is 0 Å². The molecule has 2 aromatic rings. The maximum Gasteiger partial charge on any atom is 0.216 e. The lowest BCUT2D eigenvalue weighted by atomic mass is 10.2. The van der Waals surface area contributed by atoms with Crippen LogP contribution in [0.1, 0.15) is 25.2 Å². The molecule has 0 saturated heterocycles. The number of hydrogen-bond donors (Lipinski definition) is 1. The summed E-state index contributed by atoms with van der Waals surface area (Å²) in [5, 5.41) is 11.2. The molecule has 0 aliphatic heterocycles. The standard InChI is InChI=1S/C14H17BrN4O2S/c1-4-12-17-18-14(22)19(12)16-8-9-6-10(15)13(20-3)11(7-9)21-5-2/h6-8H,4-5H2,1-3H3,(H,18,22)/b16-8-. The third-order valence-corrected chi connectivity index (χ3v) is 3.75. The Morgan fingerprint density at radius 3 is 2.86 bits per heavy atom. The molecule has 8 heteroatoms. The summed E-state index contributed by atoms with van der Waals surface area (Å²) in [6.45, 7) is 4.47. The summed E-state index contributed by atoms with van der Waals surface area (Å²) in [5.74, 6) is 2.10. The van der Waals surface area contributed by atoms with E-state index >= 15 is 0 Å². The van der Waals surface area contributed by atoms with Gasteiger partial charge in [0.2, 0.25) is 4.77 Å². The van der Waals surface area contributed by atoms with Gasteiger partial charge >= 0.3 is 0 Å². The lowest BCUT2D eigenvalue weighted by Gasteiger charge is -2.11. The molecule has 6 nitrogen and oxygen atoms in total. The van der Waals surface area contributed by atoms with E-state index in [0.717, 1.165) is 22.3 Å². The first-order valence-corrected chi connectivity index (χ1v) is 8.01. The van der Waals surface area contributed by atoms with Crippen molar-refractivity contribution in [2.45, 2.75) is 20.3 Å². The van der Waals surface area contributed by atoms with Gasteiger partial charge in [0.25, 0.3) is 0 Å². The predicted molar refractivity (Wildman–Crippen MR) is 91.6 cm³/mol. The van der Waals surface area contributed by atoms with Crippen molar-refractivity contribution in [2.75, 3.05) is 13.7 Å². The van der Waals surface area contributed by atoms with Gasteiger partial charge in [0, 0.05) is 6.42 Å². The molecule has 0 spiro atoms. The van der Waals surface area contributed by atoms with Crippen LogP contribution in [0.25, 0.3) is 0 Å². The van der Waals surface area contributed by atoms with E-state index in [0.29, 0.717) is 22.9 Å². The first-order chi connectivity index (χ1) is 10.6. The fraction of sp³-hybridized carbons (Fsp3) is 0.357. The molecule has 0 unspecified atom stereocenters. The van der Waals surface area contributed by atoms with Crippen molar-refractivity contribution >= 4 is 34.4 Å². The van der Waals surface area contributed by atoms with Crippen LogP contribution in [0, 0.1) is 4.77 Å². The summed E-state index contributed by atoms with van der Waals surface area (Å²) in [6.07, 6.45) is 2.44. The first-order valence-electron chi connectivity index (χ1n) is 6.81. The highest BCUT2D eigenvalue weighted by Crippen LogP contribution is 2.36. The Labute approximate surface area is 142 Å². The molecule has 0 radical (unpaired) electrons. The van der Waals surface area contributed by atoms with Crippen molar-refractivity contribution in [3.63, 3.8) is 0 Å². The molecule has 1 aromatic heterocycles. The van der Waals surface area contributed by atoms with Crippen LogP contribution in [0.4, 0.5) is 0 Å². The Hall–Kier alpha value is -1.67. The topological polar surface area (TPSA) is 64.4 Å². The molecule has 0 fully saturated rings. The number of hydrogen-bond acceptors (Lipinski definition) is 5. The first kappa shape index (κ1) is 16.7. The molecule has 0 aliphatic carbocycles. The number of aromatic nitrogens is 3. The minimum Gasteiger partial charge on any atom is -0.492 e. The molecule has 118 valence electrons. The number of aromatic amines is 1. The average molecular weight is 385 g/mol. The highest BCUT2D eigenvalue weighted by molar-refractivity contribution is 9.10. The van der Waals surface area contributed by atoms with Gasteiger partial charge in [-0.15, -0.1) is 0 Å². The molecule has 0 aliphatic rings. The Bertz CT molecular complexity index is 739. The van der Waals surface area contributed by atoms with Gasteiger partial charge in [0.05, 0.1) is 24.4 Å². The number of benzene rings is 1. The zero-order chi connectivity index (χ0) is 16.1. The predicted octanol–water partition coefficient (Wildman–Crippen LogP) is 3.56. The van der Waals surface area contributed by atoms with Crippen molar-refractivity contribution < 1.29 is 9.47 Å². The molecule has 1 N–H and O–H groups in total. The number of H-pyrrole nitrogens is 1. The van der Waals surface area contributed by atoms with Crippen LogP contribution >= 0.6 is 28.1 Å². The Kier molecular flexibility index (Phi) is 5.73. The van der Waals surface area contributed by atoms with Gasteiger partial charge < -0.3 is 9.47 Å². The number of halogens is 1. The summed E-state index contributed by atoms with van der Waals surface area (Å²) in [5.41, 5.74) is 0.862. The maximum atomic E-state index is 5.59. The van der Waals surface area contributed by atoms with Crippen molar-refractivity contribution in [2.24, 2.45) is 5.10 Å². The second-order valence-corrected chi connectivity index (χ2v) is 5.56. The molecule has 0 saturated carbocycles. The Morgan fingerprint density at radius 1 is 1.45 bits per heavy atom. The Balaban J connectivity index is 2.39. The van der Waals surface area contributed by atoms with Crippen LogP contribution < -0.4 is 9.47 Å². The number of aryl methyl sites for hydroxylation is 1. The van der Waals surface area contributed by atoms with Crippen molar-refractivity contribution in [1.29, 1.82) is 0 Å². The Morgan fingerprint density at radius 2 is 2.23 bits per heavy atom. The van der Waals surface area contributed by atoms with E-state index < -0.39 is 0 Å². The molecule has 0 amide bonds. The molecular formula is C14H17BrN4O2S. The summed E-state index contributed by atoms with van der Waals surface area (Å²) in [4.78, 5) is 0. The third-order valence-electron chi connectivity index (χ3n) is 2.89. The van der Waals surface area contributed by atoms with Gasteiger partial charge in [0.15, 0.2) is 17.3 Å². The summed E-state index contributed by atoms with van der Waals surface area (Å²) in [7, 11) is 1.61. The van der Waals surface area contributed by atoms with E-state index in [-0.39, 0.29) is 0 Å². The van der Waals surface area contributed by atoms with E-state index in [2.05, 4.69) is 31.2 Å². The fourth-order valence-electron chi connectivity index (χ4n) is 1.92.